The minimum absolute atomic E-state index is 0.827. The second-order valence-corrected chi connectivity index (χ2v) is 19.2. The van der Waals surface area contributed by atoms with Crippen LogP contribution < -0.4 is 14.7 Å². The van der Waals surface area contributed by atoms with Gasteiger partial charge in [-0.1, -0.05) is 127 Å². The number of benzene rings is 10. The minimum atomic E-state index is 0.827. The molecule has 0 unspecified atom stereocenters. The number of fused-ring (bicyclic) bond motifs is 9. The van der Waals surface area contributed by atoms with Crippen LogP contribution in [0.2, 0.25) is 0 Å². The van der Waals surface area contributed by atoms with Gasteiger partial charge in [-0.25, -0.2) is 0 Å². The first-order valence-electron chi connectivity index (χ1n) is 24.7. The van der Waals surface area contributed by atoms with E-state index in [0.29, 0.717) is 0 Å². The molecule has 0 spiro atoms. The van der Waals surface area contributed by atoms with E-state index in [1.165, 1.54) is 0 Å². The predicted octanol–water partition coefficient (Wildman–Crippen LogP) is 19.6. The van der Waals surface area contributed by atoms with E-state index in [2.05, 4.69) is 238 Å². The Hall–Kier alpha value is -9.00. The Bertz CT molecular complexity index is 3780. The van der Waals surface area contributed by atoms with Crippen molar-refractivity contribution < 1.29 is 13.3 Å². The molecule has 6 nitrogen and oxygen atoms in total. The lowest BCUT2D eigenvalue weighted by Gasteiger charge is -2.35. The quantitative estimate of drug-likeness (QED) is 0.144. The van der Waals surface area contributed by atoms with Gasteiger partial charge in [0.1, 0.15) is 33.5 Å². The van der Waals surface area contributed by atoms with Crippen molar-refractivity contribution in [1.82, 2.24) is 0 Å². The van der Waals surface area contributed by atoms with Crippen LogP contribution in [0, 0.1) is 41.5 Å². The standard InChI is InChI=1S/C66H51N3O3/c1-40-19-13-20-41(2)64(40)67(52-28-16-34-58-61(52)49-25-7-10-31-55(49)70-58)46-37-47(68(65-42(3)21-14-22-43(65)4)53-29-17-35-59-62(53)50-26-8-11-32-56(50)71-59)39-48(38-46)69(66-44(5)23-15-24-45(66)6)54-30-18-36-60-63(54)51-27-9-12-33-57(51)72-60/h7-39H,1-6H3. The van der Waals surface area contributed by atoms with Crippen LogP contribution in [0.25, 0.3) is 65.8 Å². The Kier molecular flexibility index (Phi) is 10.1. The average Bonchev–Trinajstić information content (AvgIpc) is 4.09. The summed E-state index contributed by atoms with van der Waals surface area (Å²) < 4.78 is 20.0. The zero-order chi connectivity index (χ0) is 48.8. The highest BCUT2D eigenvalue weighted by atomic mass is 16.3. The summed E-state index contributed by atoms with van der Waals surface area (Å²) >= 11 is 0. The van der Waals surface area contributed by atoms with E-state index >= 15 is 0 Å². The summed E-state index contributed by atoms with van der Waals surface area (Å²) in [5.41, 5.74) is 21.2. The van der Waals surface area contributed by atoms with Crippen LogP contribution in [-0.4, -0.2) is 0 Å². The molecule has 348 valence electrons. The van der Waals surface area contributed by atoms with Crippen LogP contribution in [0.15, 0.2) is 213 Å². The Morgan fingerprint density at radius 1 is 0.250 bits per heavy atom. The molecule has 0 fully saturated rings. The van der Waals surface area contributed by atoms with Gasteiger partial charge in [-0.2, -0.15) is 0 Å². The van der Waals surface area contributed by atoms with Crippen molar-refractivity contribution in [1.29, 1.82) is 0 Å². The average molecular weight is 934 g/mol. The molecule has 0 radical (unpaired) electrons. The highest BCUT2D eigenvalue weighted by molar-refractivity contribution is 6.17. The molecular weight excluding hydrogens is 883 g/mol. The molecule has 72 heavy (non-hydrogen) atoms. The molecule has 0 atom stereocenters. The number of hydrogen-bond acceptors (Lipinski definition) is 6. The van der Waals surface area contributed by atoms with Gasteiger partial charge in [-0.05, 0) is 148 Å². The van der Waals surface area contributed by atoms with E-state index in [4.69, 9.17) is 13.3 Å². The molecule has 13 aromatic rings. The van der Waals surface area contributed by atoms with Gasteiger partial charge < -0.3 is 28.0 Å². The molecule has 0 bridgehead atoms. The van der Waals surface area contributed by atoms with Crippen LogP contribution in [0.3, 0.4) is 0 Å². The van der Waals surface area contributed by atoms with Gasteiger partial charge in [0.2, 0.25) is 0 Å². The number of para-hydroxylation sites is 6. The third-order valence-corrected chi connectivity index (χ3v) is 14.5. The van der Waals surface area contributed by atoms with Crippen LogP contribution >= 0.6 is 0 Å². The molecule has 0 N–H and O–H groups in total. The van der Waals surface area contributed by atoms with E-state index in [-0.39, 0.29) is 0 Å². The van der Waals surface area contributed by atoms with Crippen molar-refractivity contribution in [3.8, 4) is 0 Å². The molecule has 0 aliphatic rings. The topological polar surface area (TPSA) is 49.1 Å². The first-order chi connectivity index (χ1) is 35.2. The number of nitrogens with zero attached hydrogens (tertiary/aromatic N) is 3. The number of aryl methyl sites for hydroxylation is 6. The normalized spacial score (nSPS) is 11.8. The van der Waals surface area contributed by atoms with Crippen molar-refractivity contribution in [3.63, 3.8) is 0 Å². The molecule has 3 heterocycles. The van der Waals surface area contributed by atoms with Crippen molar-refractivity contribution in [2.45, 2.75) is 41.5 Å². The first-order valence-corrected chi connectivity index (χ1v) is 24.7. The van der Waals surface area contributed by atoms with Crippen LogP contribution in [-0.2, 0) is 0 Å². The molecule has 13 rings (SSSR count). The van der Waals surface area contributed by atoms with Gasteiger partial charge in [0.15, 0.2) is 0 Å². The van der Waals surface area contributed by atoms with Gasteiger partial charge >= 0.3 is 0 Å². The van der Waals surface area contributed by atoms with E-state index in [0.717, 1.165) is 150 Å². The summed E-state index contributed by atoms with van der Waals surface area (Å²) in [7, 11) is 0. The Labute approximate surface area is 418 Å². The maximum absolute atomic E-state index is 6.66. The van der Waals surface area contributed by atoms with Crippen LogP contribution in [0.5, 0.6) is 0 Å². The summed E-state index contributed by atoms with van der Waals surface area (Å²) in [5.74, 6) is 0. The Morgan fingerprint density at radius 3 is 0.764 bits per heavy atom. The molecule has 3 aromatic heterocycles. The van der Waals surface area contributed by atoms with Crippen LogP contribution in [0.4, 0.5) is 51.2 Å². The summed E-state index contributed by atoms with van der Waals surface area (Å²) in [5, 5.41) is 6.31. The van der Waals surface area contributed by atoms with Crippen LogP contribution in [0.1, 0.15) is 33.4 Å². The molecule has 0 aliphatic heterocycles. The maximum atomic E-state index is 6.66. The van der Waals surface area contributed by atoms with E-state index < -0.39 is 0 Å². The van der Waals surface area contributed by atoms with E-state index in [1.54, 1.807) is 0 Å². The summed E-state index contributed by atoms with van der Waals surface area (Å²) in [4.78, 5) is 7.40. The largest absolute Gasteiger partial charge is 0.456 e. The lowest BCUT2D eigenvalue weighted by atomic mass is 10.00. The highest BCUT2D eigenvalue weighted by Crippen LogP contribution is 2.53. The molecule has 0 saturated heterocycles. The third kappa shape index (κ3) is 6.78. The molecule has 0 amide bonds. The fraction of sp³-hybridized carbons (Fsp3) is 0.0909. The van der Waals surface area contributed by atoms with Gasteiger partial charge in [0, 0.05) is 16.2 Å². The van der Waals surface area contributed by atoms with Crippen molar-refractivity contribution in [2.75, 3.05) is 14.7 Å². The summed E-state index contributed by atoms with van der Waals surface area (Å²) in [6, 6.07) is 71.3. The fourth-order valence-electron chi connectivity index (χ4n) is 11.4. The first kappa shape index (κ1) is 43.1. The number of furan rings is 3. The monoisotopic (exact) mass is 933 g/mol. The van der Waals surface area contributed by atoms with Gasteiger partial charge in [0.05, 0.1) is 67.3 Å². The molecule has 6 heteroatoms. The second kappa shape index (κ2) is 16.9. The van der Waals surface area contributed by atoms with Crippen molar-refractivity contribution >= 4 is 117 Å². The van der Waals surface area contributed by atoms with E-state index in [1.807, 2.05) is 18.2 Å². The van der Waals surface area contributed by atoms with Gasteiger partial charge in [-0.3, -0.25) is 0 Å². The molecule has 0 saturated carbocycles. The van der Waals surface area contributed by atoms with E-state index in [9.17, 15) is 0 Å². The minimum Gasteiger partial charge on any atom is -0.456 e. The number of rotatable bonds is 9. The summed E-state index contributed by atoms with van der Waals surface area (Å²) in [6.45, 7) is 13.3. The molecular formula is C66H51N3O3. The summed E-state index contributed by atoms with van der Waals surface area (Å²) in [6.07, 6.45) is 0. The van der Waals surface area contributed by atoms with Gasteiger partial charge in [0.25, 0.3) is 0 Å². The van der Waals surface area contributed by atoms with Gasteiger partial charge in [-0.15, -0.1) is 0 Å². The lowest BCUT2D eigenvalue weighted by Crippen LogP contribution is -2.19. The number of anilines is 9. The molecule has 10 aromatic carbocycles. The third-order valence-electron chi connectivity index (χ3n) is 14.5. The Morgan fingerprint density at radius 2 is 0.486 bits per heavy atom. The highest BCUT2D eigenvalue weighted by Gasteiger charge is 2.30. The maximum Gasteiger partial charge on any atom is 0.137 e. The lowest BCUT2D eigenvalue weighted by molar-refractivity contribution is 0.668. The van der Waals surface area contributed by atoms with Crippen molar-refractivity contribution in [3.05, 3.63) is 234 Å². The van der Waals surface area contributed by atoms with Crippen molar-refractivity contribution in [2.24, 2.45) is 0 Å². The molecule has 0 aliphatic carbocycles. The fourth-order valence-corrected chi connectivity index (χ4v) is 11.4. The SMILES string of the molecule is Cc1cccc(C)c1N(c1cc(N(c2c(C)cccc2C)c2cccc3oc4ccccc4c23)cc(N(c2c(C)cccc2C)c2cccc3oc4ccccc4c23)c1)c1cccc2oc3ccccc3c12. The zero-order valence-electron chi connectivity index (χ0n) is 41.1. The smallest absolute Gasteiger partial charge is 0.137 e. The predicted molar refractivity (Wildman–Crippen MR) is 301 cm³/mol. The second-order valence-electron chi connectivity index (χ2n) is 19.2. The zero-order valence-corrected chi connectivity index (χ0v) is 41.1. The Balaban J connectivity index is 1.21. The number of hydrogen-bond donors (Lipinski definition) is 0.